The molecule has 0 bridgehead atoms. The van der Waals surface area contributed by atoms with Crippen LogP contribution in [0.4, 0.5) is 5.69 Å². The van der Waals surface area contributed by atoms with Gasteiger partial charge in [-0.15, -0.1) is 0 Å². The zero-order valence-electron chi connectivity index (χ0n) is 9.04. The molecule has 3 N–H and O–H groups in total. The minimum atomic E-state index is 0.245. The minimum absolute atomic E-state index is 0.245. The third kappa shape index (κ3) is 1.50. The van der Waals surface area contributed by atoms with E-state index in [1.807, 2.05) is 34.9 Å². The average molecular weight is 225 g/mol. The van der Waals surface area contributed by atoms with E-state index in [1.54, 1.807) is 18.3 Å². The highest BCUT2D eigenvalue weighted by atomic mass is 16.3. The fourth-order valence-electron chi connectivity index (χ4n) is 1.87. The molecule has 0 amide bonds. The topological polar surface area (TPSA) is 63.5 Å². The molecule has 1 aromatic carbocycles. The van der Waals surface area contributed by atoms with Crippen molar-refractivity contribution in [2.45, 2.75) is 0 Å². The highest BCUT2D eigenvalue weighted by Gasteiger charge is 2.07. The van der Waals surface area contributed by atoms with Crippen molar-refractivity contribution in [2.24, 2.45) is 0 Å². The normalized spacial score (nSPS) is 10.8. The molecule has 3 aromatic rings. The predicted octanol–water partition coefficient (Wildman–Crippen LogP) is 2.29. The number of hydrogen-bond donors (Lipinski definition) is 2. The number of phenols is 1. The molecule has 4 nitrogen and oxygen atoms in total. The Labute approximate surface area is 98.0 Å². The van der Waals surface area contributed by atoms with Crippen molar-refractivity contribution in [1.29, 1.82) is 0 Å². The Hall–Kier alpha value is -2.49. The summed E-state index contributed by atoms with van der Waals surface area (Å²) < 4.78 is 1.93. The lowest BCUT2D eigenvalue weighted by Crippen LogP contribution is -1.92. The Morgan fingerprint density at radius 1 is 1.12 bits per heavy atom. The van der Waals surface area contributed by atoms with Gasteiger partial charge in [-0.1, -0.05) is 0 Å². The third-order valence-corrected chi connectivity index (χ3v) is 2.73. The number of nitrogens with zero attached hydrogens (tertiary/aromatic N) is 2. The van der Waals surface area contributed by atoms with E-state index in [1.165, 1.54) is 0 Å². The van der Waals surface area contributed by atoms with E-state index in [9.17, 15) is 5.11 Å². The molecule has 0 fully saturated rings. The molecule has 4 heteroatoms. The number of aromatic nitrogens is 2. The first-order chi connectivity index (χ1) is 8.25. The minimum Gasteiger partial charge on any atom is -0.508 e. The smallest absolute Gasteiger partial charge is 0.144 e. The first-order valence-electron chi connectivity index (χ1n) is 5.26. The van der Waals surface area contributed by atoms with Gasteiger partial charge in [0.1, 0.15) is 11.6 Å². The van der Waals surface area contributed by atoms with Gasteiger partial charge in [-0.25, -0.2) is 4.98 Å². The van der Waals surface area contributed by atoms with Crippen LogP contribution in [-0.4, -0.2) is 14.5 Å². The van der Waals surface area contributed by atoms with Crippen molar-refractivity contribution in [2.75, 3.05) is 5.73 Å². The molecule has 0 aliphatic rings. The Kier molecular flexibility index (Phi) is 2.01. The first kappa shape index (κ1) is 9.72. The van der Waals surface area contributed by atoms with Crippen LogP contribution in [0.15, 0.2) is 48.8 Å². The van der Waals surface area contributed by atoms with Crippen LogP contribution in [0.25, 0.3) is 16.9 Å². The Morgan fingerprint density at radius 3 is 2.65 bits per heavy atom. The molecule has 2 aromatic heterocycles. The van der Waals surface area contributed by atoms with Crippen LogP contribution in [0, 0.1) is 0 Å². The SMILES string of the molecule is Nc1cccn2c(-c3ccc(O)cc3)ncc12. The molecule has 84 valence electrons. The lowest BCUT2D eigenvalue weighted by molar-refractivity contribution is 0.475. The maximum atomic E-state index is 9.26. The number of fused-ring (bicyclic) bond motifs is 1. The van der Waals surface area contributed by atoms with E-state index >= 15 is 0 Å². The van der Waals surface area contributed by atoms with Gasteiger partial charge in [0.25, 0.3) is 0 Å². The van der Waals surface area contributed by atoms with Crippen LogP contribution in [0.2, 0.25) is 0 Å². The van der Waals surface area contributed by atoms with Crippen LogP contribution in [0.1, 0.15) is 0 Å². The van der Waals surface area contributed by atoms with Gasteiger partial charge in [0.15, 0.2) is 0 Å². The van der Waals surface area contributed by atoms with E-state index in [-0.39, 0.29) is 5.75 Å². The van der Waals surface area contributed by atoms with Gasteiger partial charge in [-0.3, -0.25) is 4.40 Å². The van der Waals surface area contributed by atoms with Crippen molar-refractivity contribution in [3.63, 3.8) is 0 Å². The van der Waals surface area contributed by atoms with Gasteiger partial charge in [0, 0.05) is 11.8 Å². The van der Waals surface area contributed by atoms with Crippen molar-refractivity contribution >= 4 is 11.2 Å². The molecular formula is C13H11N3O. The molecule has 2 heterocycles. The Morgan fingerprint density at radius 2 is 1.88 bits per heavy atom. The summed E-state index contributed by atoms with van der Waals surface area (Å²) in [5, 5.41) is 9.26. The first-order valence-corrected chi connectivity index (χ1v) is 5.26. The predicted molar refractivity (Wildman–Crippen MR) is 66.7 cm³/mol. The zero-order valence-corrected chi connectivity index (χ0v) is 9.04. The summed E-state index contributed by atoms with van der Waals surface area (Å²) in [6, 6.07) is 10.7. The quantitative estimate of drug-likeness (QED) is 0.667. The maximum absolute atomic E-state index is 9.26. The lowest BCUT2D eigenvalue weighted by Gasteiger charge is -2.02. The number of phenolic OH excluding ortho intramolecular Hbond substituents is 1. The number of nitrogens with two attached hydrogens (primary N) is 1. The van der Waals surface area contributed by atoms with Crippen LogP contribution in [0.5, 0.6) is 5.75 Å². The number of pyridine rings is 1. The summed E-state index contributed by atoms with van der Waals surface area (Å²) in [5.41, 5.74) is 8.39. The molecule has 3 rings (SSSR count). The largest absolute Gasteiger partial charge is 0.508 e. The van der Waals surface area contributed by atoms with E-state index < -0.39 is 0 Å². The Bertz CT molecular complexity index is 671. The van der Waals surface area contributed by atoms with Crippen LogP contribution in [-0.2, 0) is 0 Å². The van der Waals surface area contributed by atoms with Gasteiger partial charge in [-0.2, -0.15) is 0 Å². The van der Waals surface area contributed by atoms with E-state index in [2.05, 4.69) is 4.98 Å². The van der Waals surface area contributed by atoms with Crippen molar-refractivity contribution < 1.29 is 5.11 Å². The molecule has 0 aliphatic carbocycles. The van der Waals surface area contributed by atoms with Gasteiger partial charge in [0.2, 0.25) is 0 Å². The lowest BCUT2D eigenvalue weighted by atomic mass is 10.2. The molecule has 17 heavy (non-hydrogen) atoms. The summed E-state index contributed by atoms with van der Waals surface area (Å²) in [4.78, 5) is 4.36. The average Bonchev–Trinajstić information content (AvgIpc) is 2.75. The molecular weight excluding hydrogens is 214 g/mol. The van der Waals surface area contributed by atoms with Crippen LogP contribution >= 0.6 is 0 Å². The van der Waals surface area contributed by atoms with Crippen molar-refractivity contribution in [3.05, 3.63) is 48.8 Å². The second-order valence-corrected chi connectivity index (χ2v) is 3.85. The van der Waals surface area contributed by atoms with Crippen molar-refractivity contribution in [1.82, 2.24) is 9.38 Å². The van der Waals surface area contributed by atoms with Gasteiger partial charge < -0.3 is 10.8 Å². The third-order valence-electron chi connectivity index (χ3n) is 2.73. The Balaban J connectivity index is 2.24. The van der Waals surface area contributed by atoms with Gasteiger partial charge in [-0.05, 0) is 36.4 Å². The fourth-order valence-corrected chi connectivity index (χ4v) is 1.87. The van der Waals surface area contributed by atoms with E-state index in [0.717, 1.165) is 16.9 Å². The van der Waals surface area contributed by atoms with Gasteiger partial charge >= 0.3 is 0 Å². The number of rotatable bonds is 1. The van der Waals surface area contributed by atoms with Crippen LogP contribution < -0.4 is 5.73 Å². The molecule has 0 unspecified atom stereocenters. The highest BCUT2D eigenvalue weighted by Crippen LogP contribution is 2.24. The standard InChI is InChI=1S/C13H11N3O/c14-11-2-1-7-16-12(11)8-15-13(16)9-3-5-10(17)6-4-9/h1-8,17H,14H2. The van der Waals surface area contributed by atoms with E-state index in [0.29, 0.717) is 5.69 Å². The summed E-state index contributed by atoms with van der Waals surface area (Å²) >= 11 is 0. The second kappa shape index (κ2) is 3.52. The van der Waals surface area contributed by atoms with Gasteiger partial charge in [0.05, 0.1) is 17.4 Å². The van der Waals surface area contributed by atoms with Crippen molar-refractivity contribution in [3.8, 4) is 17.1 Å². The highest BCUT2D eigenvalue weighted by molar-refractivity contribution is 5.73. The molecule has 0 spiro atoms. The molecule has 0 radical (unpaired) electrons. The second-order valence-electron chi connectivity index (χ2n) is 3.85. The zero-order chi connectivity index (χ0) is 11.8. The number of anilines is 1. The number of imidazole rings is 1. The molecule has 0 saturated carbocycles. The number of aromatic hydroxyl groups is 1. The number of nitrogen functional groups attached to an aromatic ring is 1. The maximum Gasteiger partial charge on any atom is 0.144 e. The fraction of sp³-hybridized carbons (Fsp3) is 0. The summed E-state index contributed by atoms with van der Waals surface area (Å²) in [5.74, 6) is 1.06. The molecule has 0 atom stereocenters. The summed E-state index contributed by atoms with van der Waals surface area (Å²) in [7, 11) is 0. The van der Waals surface area contributed by atoms with Crippen LogP contribution in [0.3, 0.4) is 0 Å². The number of benzene rings is 1. The monoisotopic (exact) mass is 225 g/mol. The number of hydrogen-bond acceptors (Lipinski definition) is 3. The van der Waals surface area contributed by atoms with E-state index in [4.69, 9.17) is 5.73 Å². The summed E-state index contributed by atoms with van der Waals surface area (Å²) in [6.07, 6.45) is 3.67. The molecule has 0 saturated heterocycles. The summed E-state index contributed by atoms with van der Waals surface area (Å²) in [6.45, 7) is 0. The molecule has 0 aliphatic heterocycles.